The van der Waals surface area contributed by atoms with Gasteiger partial charge in [0.2, 0.25) is 0 Å². The summed E-state index contributed by atoms with van der Waals surface area (Å²) in [5, 5.41) is 0. The molecule has 0 radical (unpaired) electrons. The van der Waals surface area contributed by atoms with Crippen LogP contribution in [0, 0.1) is 0 Å². The van der Waals surface area contributed by atoms with E-state index < -0.39 is 0 Å². The van der Waals surface area contributed by atoms with Gasteiger partial charge in [0.25, 0.3) is 0 Å². The van der Waals surface area contributed by atoms with E-state index in [4.69, 9.17) is 0 Å². The Bertz CT molecular complexity index is 306. The van der Waals surface area contributed by atoms with Crippen molar-refractivity contribution in [1.29, 1.82) is 0 Å². The van der Waals surface area contributed by atoms with Crippen LogP contribution in [0.15, 0.2) is 18.5 Å². The van der Waals surface area contributed by atoms with E-state index in [0.29, 0.717) is 0 Å². The maximum absolute atomic E-state index is 4.25. The molecule has 0 aliphatic carbocycles. The van der Waals surface area contributed by atoms with Crippen LogP contribution in [-0.2, 0) is 7.05 Å². The molecule has 64 valence electrons. The van der Waals surface area contributed by atoms with Crippen LogP contribution in [0.1, 0.15) is 25.2 Å². The second-order valence-electron chi connectivity index (χ2n) is 2.63. The van der Waals surface area contributed by atoms with Gasteiger partial charge >= 0.3 is 0 Å². The molecular weight excluding hydrogens is 148 g/mol. The maximum Gasteiger partial charge on any atom is 0.0955 e. The van der Waals surface area contributed by atoms with Crippen molar-refractivity contribution in [3.63, 3.8) is 0 Å². The first kappa shape index (κ1) is 8.78. The van der Waals surface area contributed by atoms with Crippen LogP contribution in [0.5, 0.6) is 0 Å². The van der Waals surface area contributed by atoms with E-state index in [0.717, 1.165) is 11.4 Å². The molecule has 0 aliphatic rings. The second-order valence-corrected chi connectivity index (χ2v) is 2.63. The predicted molar refractivity (Wildman–Crippen MR) is 52.6 cm³/mol. The molecule has 0 atom stereocenters. The molecule has 1 rings (SSSR count). The van der Waals surface area contributed by atoms with E-state index >= 15 is 0 Å². The van der Waals surface area contributed by atoms with Crippen LogP contribution in [0.4, 0.5) is 0 Å². The zero-order valence-corrected chi connectivity index (χ0v) is 7.78. The van der Waals surface area contributed by atoms with Gasteiger partial charge in [0.1, 0.15) is 0 Å². The number of nitrogens with zero attached hydrogens (tertiary/aromatic N) is 2. The summed E-state index contributed by atoms with van der Waals surface area (Å²) in [4.78, 5) is 4.25. The second kappa shape index (κ2) is 3.90. The summed E-state index contributed by atoms with van der Waals surface area (Å²) in [6.45, 7) is 4.00. The Kier molecular flexibility index (Phi) is 2.86. The first-order valence-corrected chi connectivity index (χ1v) is 4.06. The van der Waals surface area contributed by atoms with E-state index in [9.17, 15) is 0 Å². The number of rotatable bonds is 2. The molecule has 0 aromatic carbocycles. The van der Waals surface area contributed by atoms with Crippen LogP contribution in [0.2, 0.25) is 0 Å². The van der Waals surface area contributed by atoms with Crippen LogP contribution in [0.3, 0.4) is 0 Å². The lowest BCUT2D eigenvalue weighted by Gasteiger charge is -1.95. The molecule has 2 heteroatoms. The molecule has 0 saturated carbocycles. The molecule has 12 heavy (non-hydrogen) atoms. The summed E-state index contributed by atoms with van der Waals surface area (Å²) >= 11 is 0. The van der Waals surface area contributed by atoms with Gasteiger partial charge in [-0.1, -0.05) is 12.2 Å². The zero-order valence-electron chi connectivity index (χ0n) is 7.78. The normalized spacial score (nSPS) is 11.9. The highest BCUT2D eigenvalue weighted by molar-refractivity contribution is 5.59. The smallest absolute Gasteiger partial charge is 0.0955 e. The van der Waals surface area contributed by atoms with Crippen LogP contribution < -0.4 is 0 Å². The fourth-order valence-electron chi connectivity index (χ4n) is 1.10. The lowest BCUT2D eigenvalue weighted by atomic mass is 10.3. The minimum absolute atomic E-state index is 1.03. The van der Waals surface area contributed by atoms with Gasteiger partial charge in [-0.2, -0.15) is 0 Å². The van der Waals surface area contributed by atoms with Gasteiger partial charge in [0.05, 0.1) is 17.7 Å². The van der Waals surface area contributed by atoms with Gasteiger partial charge in [-0.05, 0) is 26.0 Å². The standard InChI is InChI=1S/C10H14N2/c1-4-6-9-10(7-5-2)12(3)8-11-9/h4-8H,1-3H3/b6-4-,7-5-. The molecule has 2 nitrogen and oxygen atoms in total. The van der Waals surface area contributed by atoms with Gasteiger partial charge in [-0.3, -0.25) is 0 Å². The average molecular weight is 162 g/mol. The summed E-state index contributed by atoms with van der Waals surface area (Å²) in [5.74, 6) is 0. The molecule has 0 fully saturated rings. The van der Waals surface area contributed by atoms with Gasteiger partial charge < -0.3 is 4.57 Å². The Balaban J connectivity index is 3.12. The third-order valence-corrected chi connectivity index (χ3v) is 1.66. The molecule has 0 aliphatic heterocycles. The van der Waals surface area contributed by atoms with Gasteiger partial charge in [-0.25, -0.2) is 4.98 Å². The molecule has 0 amide bonds. The fraction of sp³-hybridized carbons (Fsp3) is 0.300. The van der Waals surface area contributed by atoms with Gasteiger partial charge in [-0.15, -0.1) is 0 Å². The Labute approximate surface area is 73.2 Å². The van der Waals surface area contributed by atoms with Crippen molar-refractivity contribution in [1.82, 2.24) is 9.55 Å². The highest BCUT2D eigenvalue weighted by atomic mass is 15.0. The van der Waals surface area contributed by atoms with Crippen molar-refractivity contribution in [3.05, 3.63) is 29.9 Å². The molecule has 0 unspecified atom stereocenters. The van der Waals surface area contributed by atoms with Crippen molar-refractivity contribution in [2.45, 2.75) is 13.8 Å². The minimum Gasteiger partial charge on any atom is -0.334 e. The lowest BCUT2D eigenvalue weighted by molar-refractivity contribution is 0.902. The highest BCUT2D eigenvalue weighted by Gasteiger charge is 2.00. The molecular formula is C10H14N2. The molecule has 1 heterocycles. The highest BCUT2D eigenvalue weighted by Crippen LogP contribution is 2.09. The Morgan fingerprint density at radius 2 is 1.92 bits per heavy atom. The third kappa shape index (κ3) is 1.64. The third-order valence-electron chi connectivity index (χ3n) is 1.66. The minimum atomic E-state index is 1.03. The van der Waals surface area contributed by atoms with E-state index in [1.165, 1.54) is 0 Å². The molecule has 0 bridgehead atoms. The molecule has 0 saturated heterocycles. The fourth-order valence-corrected chi connectivity index (χ4v) is 1.10. The monoisotopic (exact) mass is 162 g/mol. The summed E-state index contributed by atoms with van der Waals surface area (Å²) in [7, 11) is 2.00. The quantitative estimate of drug-likeness (QED) is 0.653. The Morgan fingerprint density at radius 3 is 2.50 bits per heavy atom. The molecule has 1 aromatic rings. The zero-order chi connectivity index (χ0) is 8.97. The number of imidazole rings is 1. The SMILES string of the molecule is C/C=C\c1ncn(C)c1/C=C\C. The van der Waals surface area contributed by atoms with Crippen molar-refractivity contribution in [2.75, 3.05) is 0 Å². The van der Waals surface area contributed by atoms with Crippen molar-refractivity contribution in [2.24, 2.45) is 7.05 Å². The van der Waals surface area contributed by atoms with Crippen molar-refractivity contribution in [3.8, 4) is 0 Å². The average Bonchev–Trinajstić information content (AvgIpc) is 2.37. The van der Waals surface area contributed by atoms with E-state index in [-0.39, 0.29) is 0 Å². The first-order valence-electron chi connectivity index (χ1n) is 4.06. The maximum atomic E-state index is 4.25. The van der Waals surface area contributed by atoms with Crippen LogP contribution >= 0.6 is 0 Å². The summed E-state index contributed by atoms with van der Waals surface area (Å²) in [5.41, 5.74) is 2.17. The van der Waals surface area contributed by atoms with Crippen molar-refractivity contribution >= 4 is 12.2 Å². The van der Waals surface area contributed by atoms with E-state index in [1.54, 1.807) is 0 Å². The summed E-state index contributed by atoms with van der Waals surface area (Å²) in [6, 6.07) is 0. The number of allylic oxidation sites excluding steroid dienone is 2. The van der Waals surface area contributed by atoms with Crippen molar-refractivity contribution < 1.29 is 0 Å². The summed E-state index contributed by atoms with van der Waals surface area (Å²) < 4.78 is 2.01. The number of hydrogen-bond donors (Lipinski definition) is 0. The molecule has 0 N–H and O–H groups in total. The van der Waals surface area contributed by atoms with Crippen LogP contribution in [0.25, 0.3) is 12.2 Å². The van der Waals surface area contributed by atoms with Gasteiger partial charge in [0.15, 0.2) is 0 Å². The molecule has 1 aromatic heterocycles. The topological polar surface area (TPSA) is 17.8 Å². The largest absolute Gasteiger partial charge is 0.334 e. The summed E-state index contributed by atoms with van der Waals surface area (Å²) in [6.07, 6.45) is 9.90. The molecule has 0 spiro atoms. The lowest BCUT2D eigenvalue weighted by Crippen LogP contribution is -1.88. The van der Waals surface area contributed by atoms with Gasteiger partial charge in [0, 0.05) is 7.05 Å². The first-order chi connectivity index (χ1) is 5.79. The van der Waals surface area contributed by atoms with E-state index in [2.05, 4.69) is 11.1 Å². The number of hydrogen-bond acceptors (Lipinski definition) is 1. The Hall–Kier alpha value is -1.31. The van der Waals surface area contributed by atoms with Crippen LogP contribution in [-0.4, -0.2) is 9.55 Å². The predicted octanol–water partition coefficient (Wildman–Crippen LogP) is 2.49. The van der Waals surface area contributed by atoms with E-state index in [1.807, 2.05) is 50.0 Å². The number of aromatic nitrogens is 2. The Morgan fingerprint density at radius 1 is 1.25 bits per heavy atom. The number of aryl methyl sites for hydroxylation is 1.